The molecule has 1 aliphatic rings. The van der Waals surface area contributed by atoms with E-state index in [-0.39, 0.29) is 12.6 Å². The maximum atomic E-state index is 12.1. The third-order valence-electron chi connectivity index (χ3n) is 3.27. The SMILES string of the molecule is C=CCOC(=O)N1[C@@H](C(=O)O)CC[C@H]1c1cccnc1. The van der Waals surface area contributed by atoms with Gasteiger partial charge >= 0.3 is 12.1 Å². The van der Waals surface area contributed by atoms with Crippen molar-refractivity contribution in [1.82, 2.24) is 9.88 Å². The molecule has 2 rings (SSSR count). The molecular weight excluding hydrogens is 260 g/mol. The van der Waals surface area contributed by atoms with Crippen molar-refractivity contribution in [1.29, 1.82) is 0 Å². The van der Waals surface area contributed by atoms with E-state index in [0.29, 0.717) is 12.8 Å². The summed E-state index contributed by atoms with van der Waals surface area (Å²) in [4.78, 5) is 28.7. The molecule has 1 saturated heterocycles. The fourth-order valence-corrected chi connectivity index (χ4v) is 2.41. The van der Waals surface area contributed by atoms with Crippen LogP contribution in [0.4, 0.5) is 4.79 Å². The molecule has 6 nitrogen and oxygen atoms in total. The van der Waals surface area contributed by atoms with E-state index in [2.05, 4.69) is 11.6 Å². The summed E-state index contributed by atoms with van der Waals surface area (Å²) in [5, 5.41) is 9.24. The number of carbonyl (C=O) groups excluding carboxylic acids is 1. The van der Waals surface area contributed by atoms with Gasteiger partial charge in [0.1, 0.15) is 12.6 Å². The van der Waals surface area contributed by atoms with Crippen molar-refractivity contribution < 1.29 is 19.4 Å². The number of rotatable bonds is 4. The van der Waals surface area contributed by atoms with Crippen molar-refractivity contribution in [2.75, 3.05) is 6.61 Å². The van der Waals surface area contributed by atoms with E-state index in [4.69, 9.17) is 4.74 Å². The topological polar surface area (TPSA) is 79.7 Å². The summed E-state index contributed by atoms with van der Waals surface area (Å²) in [6.07, 6.45) is 5.06. The van der Waals surface area contributed by atoms with Crippen molar-refractivity contribution in [2.45, 2.75) is 24.9 Å². The van der Waals surface area contributed by atoms with Gasteiger partial charge in [-0.15, -0.1) is 0 Å². The quantitative estimate of drug-likeness (QED) is 0.851. The number of aromatic nitrogens is 1. The molecule has 2 atom stereocenters. The predicted molar refractivity (Wildman–Crippen MR) is 71.0 cm³/mol. The molecule has 2 heterocycles. The lowest BCUT2D eigenvalue weighted by molar-refractivity contribution is -0.142. The Bertz CT molecular complexity index is 503. The van der Waals surface area contributed by atoms with Gasteiger partial charge in [-0.2, -0.15) is 0 Å². The van der Waals surface area contributed by atoms with Crippen LogP contribution in [0.1, 0.15) is 24.4 Å². The Hall–Kier alpha value is -2.37. The number of amides is 1. The lowest BCUT2D eigenvalue weighted by Gasteiger charge is -2.27. The molecule has 0 radical (unpaired) electrons. The molecule has 1 fully saturated rings. The van der Waals surface area contributed by atoms with Gasteiger partial charge in [-0.25, -0.2) is 9.59 Å². The molecule has 1 N–H and O–H groups in total. The summed E-state index contributed by atoms with van der Waals surface area (Å²) in [6.45, 7) is 3.53. The summed E-state index contributed by atoms with van der Waals surface area (Å²) >= 11 is 0. The van der Waals surface area contributed by atoms with Gasteiger partial charge in [-0.3, -0.25) is 9.88 Å². The zero-order valence-corrected chi connectivity index (χ0v) is 10.9. The van der Waals surface area contributed by atoms with Gasteiger partial charge in [0.25, 0.3) is 0 Å². The summed E-state index contributed by atoms with van der Waals surface area (Å²) in [5.74, 6) is -1.02. The van der Waals surface area contributed by atoms with Crippen LogP contribution in [-0.2, 0) is 9.53 Å². The lowest BCUT2D eigenvalue weighted by atomic mass is 10.1. The first-order valence-electron chi connectivity index (χ1n) is 6.34. The molecule has 1 aromatic rings. The fourth-order valence-electron chi connectivity index (χ4n) is 2.41. The average Bonchev–Trinajstić information content (AvgIpc) is 2.90. The van der Waals surface area contributed by atoms with Crippen molar-refractivity contribution >= 4 is 12.1 Å². The average molecular weight is 276 g/mol. The largest absolute Gasteiger partial charge is 0.480 e. The zero-order chi connectivity index (χ0) is 14.5. The number of hydrogen-bond donors (Lipinski definition) is 1. The van der Waals surface area contributed by atoms with Crippen LogP contribution in [-0.4, -0.2) is 39.7 Å². The van der Waals surface area contributed by atoms with Gasteiger partial charge in [-0.1, -0.05) is 18.7 Å². The number of carbonyl (C=O) groups is 2. The highest BCUT2D eigenvalue weighted by molar-refractivity contribution is 5.81. The number of carboxylic acid groups (broad SMARTS) is 1. The number of pyridine rings is 1. The molecule has 20 heavy (non-hydrogen) atoms. The van der Waals surface area contributed by atoms with Gasteiger partial charge in [0.2, 0.25) is 0 Å². The summed E-state index contributed by atoms with van der Waals surface area (Å²) in [7, 11) is 0. The monoisotopic (exact) mass is 276 g/mol. The summed E-state index contributed by atoms with van der Waals surface area (Å²) < 4.78 is 4.99. The van der Waals surface area contributed by atoms with Crippen LogP contribution in [0.2, 0.25) is 0 Å². The third-order valence-corrected chi connectivity index (χ3v) is 3.27. The van der Waals surface area contributed by atoms with E-state index in [9.17, 15) is 14.7 Å². The molecular formula is C14H16N2O4. The van der Waals surface area contributed by atoms with E-state index in [1.54, 1.807) is 18.5 Å². The molecule has 1 aromatic heterocycles. The number of ether oxygens (including phenoxy) is 1. The maximum Gasteiger partial charge on any atom is 0.411 e. The number of carboxylic acids is 1. The van der Waals surface area contributed by atoms with E-state index in [0.717, 1.165) is 5.56 Å². The van der Waals surface area contributed by atoms with E-state index in [1.165, 1.54) is 11.0 Å². The Morgan fingerprint density at radius 1 is 1.55 bits per heavy atom. The van der Waals surface area contributed by atoms with Crippen molar-refractivity contribution in [3.63, 3.8) is 0 Å². The standard InChI is InChI=1S/C14H16N2O4/c1-2-8-20-14(19)16-11(5-6-12(16)13(17)18)10-4-3-7-15-9-10/h2-4,7,9,11-12H,1,5-6,8H2,(H,17,18)/t11-,12+/m0/s1. The molecule has 0 bridgehead atoms. The lowest BCUT2D eigenvalue weighted by Crippen LogP contribution is -2.42. The van der Waals surface area contributed by atoms with Crippen LogP contribution in [0, 0.1) is 0 Å². The second-order valence-corrected chi connectivity index (χ2v) is 4.51. The predicted octanol–water partition coefficient (Wildman–Crippen LogP) is 1.99. The molecule has 1 amide bonds. The van der Waals surface area contributed by atoms with E-state index < -0.39 is 18.1 Å². The van der Waals surface area contributed by atoms with Gasteiger partial charge in [-0.05, 0) is 24.5 Å². The van der Waals surface area contributed by atoms with Crippen LogP contribution in [0.25, 0.3) is 0 Å². The van der Waals surface area contributed by atoms with Gasteiger partial charge in [0, 0.05) is 12.4 Å². The minimum Gasteiger partial charge on any atom is -0.480 e. The summed E-state index contributed by atoms with van der Waals surface area (Å²) in [6, 6.07) is 2.41. The Balaban J connectivity index is 2.25. The van der Waals surface area contributed by atoms with Crippen LogP contribution in [0.5, 0.6) is 0 Å². The number of likely N-dealkylation sites (tertiary alicyclic amines) is 1. The minimum atomic E-state index is -1.02. The highest BCUT2D eigenvalue weighted by atomic mass is 16.6. The highest BCUT2D eigenvalue weighted by Crippen LogP contribution is 2.36. The zero-order valence-electron chi connectivity index (χ0n) is 10.9. The van der Waals surface area contributed by atoms with Gasteiger partial charge < -0.3 is 9.84 Å². The van der Waals surface area contributed by atoms with Crippen LogP contribution >= 0.6 is 0 Å². The molecule has 106 valence electrons. The first kappa shape index (κ1) is 14.0. The smallest absolute Gasteiger partial charge is 0.411 e. The number of hydrogen-bond acceptors (Lipinski definition) is 4. The number of aliphatic carboxylic acids is 1. The highest BCUT2D eigenvalue weighted by Gasteiger charge is 2.42. The first-order valence-corrected chi connectivity index (χ1v) is 6.34. The van der Waals surface area contributed by atoms with Gasteiger partial charge in [0.15, 0.2) is 0 Å². The maximum absolute atomic E-state index is 12.1. The third kappa shape index (κ3) is 2.79. The normalized spacial score (nSPS) is 21.5. The van der Waals surface area contributed by atoms with Crippen molar-refractivity contribution in [3.05, 3.63) is 42.7 Å². The van der Waals surface area contributed by atoms with Crippen molar-refractivity contribution in [3.8, 4) is 0 Å². The van der Waals surface area contributed by atoms with Crippen LogP contribution < -0.4 is 0 Å². The Kier molecular flexibility index (Phi) is 4.34. The first-order chi connectivity index (χ1) is 9.65. The fraction of sp³-hybridized carbons (Fsp3) is 0.357. The molecule has 0 spiro atoms. The second-order valence-electron chi connectivity index (χ2n) is 4.51. The molecule has 0 unspecified atom stereocenters. The van der Waals surface area contributed by atoms with E-state index >= 15 is 0 Å². The number of nitrogens with zero attached hydrogens (tertiary/aromatic N) is 2. The second kappa shape index (κ2) is 6.18. The van der Waals surface area contributed by atoms with Crippen LogP contribution in [0.15, 0.2) is 37.2 Å². The minimum absolute atomic E-state index is 0.0570. The summed E-state index contributed by atoms with van der Waals surface area (Å²) in [5.41, 5.74) is 0.812. The molecule has 1 aliphatic heterocycles. The van der Waals surface area contributed by atoms with Crippen molar-refractivity contribution in [2.24, 2.45) is 0 Å². The molecule has 6 heteroatoms. The molecule has 0 saturated carbocycles. The molecule has 0 aromatic carbocycles. The Morgan fingerprint density at radius 2 is 2.35 bits per heavy atom. The Labute approximate surface area is 116 Å². The Morgan fingerprint density at radius 3 is 2.95 bits per heavy atom. The van der Waals surface area contributed by atoms with Gasteiger partial charge in [0.05, 0.1) is 6.04 Å². The van der Waals surface area contributed by atoms with Crippen LogP contribution in [0.3, 0.4) is 0 Å². The molecule has 0 aliphatic carbocycles. The van der Waals surface area contributed by atoms with E-state index in [1.807, 2.05) is 6.07 Å².